The summed E-state index contributed by atoms with van der Waals surface area (Å²) in [5.41, 5.74) is 2.12. The molecule has 24 heavy (non-hydrogen) atoms. The molecule has 3 aromatic rings. The summed E-state index contributed by atoms with van der Waals surface area (Å²) in [6.45, 7) is 0. The van der Waals surface area contributed by atoms with E-state index < -0.39 is 0 Å². The minimum Gasteiger partial charge on any atom is -0.339 e. The van der Waals surface area contributed by atoms with Crippen LogP contribution >= 0.6 is 57.6 Å². The quantitative estimate of drug-likeness (QED) is 0.256. The van der Waals surface area contributed by atoms with Crippen molar-refractivity contribution in [2.75, 3.05) is 5.32 Å². The summed E-state index contributed by atoms with van der Waals surface area (Å²) < 4.78 is 1.24. The number of hydrogen-bond donors (Lipinski definition) is 1. The molecule has 0 unspecified atom stereocenters. The van der Waals surface area contributed by atoms with Gasteiger partial charge in [0.25, 0.3) is 0 Å². The maximum Gasteiger partial charge on any atom is 0.224 e. The predicted molar refractivity (Wildman–Crippen MR) is 110 cm³/mol. The molecule has 1 aromatic heterocycles. The number of nitrogens with one attached hydrogen (secondary N) is 1. The van der Waals surface area contributed by atoms with Gasteiger partial charge in [-0.1, -0.05) is 29.8 Å². The van der Waals surface area contributed by atoms with Crippen molar-refractivity contribution in [3.63, 3.8) is 0 Å². The Morgan fingerprint density at radius 2 is 1.92 bits per heavy atom. The molecule has 0 bridgehead atoms. The normalized spacial score (nSPS) is 10.6. The third-order valence-corrected chi connectivity index (χ3v) is 5.30. The fourth-order valence-electron chi connectivity index (χ4n) is 2.03. The van der Waals surface area contributed by atoms with Crippen molar-refractivity contribution >= 4 is 69.1 Å². The van der Waals surface area contributed by atoms with Gasteiger partial charge in [-0.2, -0.15) is 4.98 Å². The Bertz CT molecular complexity index is 861. The van der Waals surface area contributed by atoms with Crippen LogP contribution in [0.15, 0.2) is 59.6 Å². The van der Waals surface area contributed by atoms with Crippen LogP contribution < -0.4 is 5.32 Å². The lowest BCUT2D eigenvalue weighted by Gasteiger charge is -2.09. The number of anilines is 2. The van der Waals surface area contributed by atoms with E-state index in [9.17, 15) is 0 Å². The minimum atomic E-state index is 0.160. The smallest absolute Gasteiger partial charge is 0.224 e. The predicted octanol–water partition coefficient (Wildman–Crippen LogP) is 6.42. The van der Waals surface area contributed by atoms with Gasteiger partial charge in [0.2, 0.25) is 5.28 Å². The van der Waals surface area contributed by atoms with E-state index in [-0.39, 0.29) is 5.28 Å². The summed E-state index contributed by atoms with van der Waals surface area (Å²) in [6.07, 6.45) is 1.48. The summed E-state index contributed by atoms with van der Waals surface area (Å²) >= 11 is 16.0. The Kier molecular flexibility index (Phi) is 6.21. The van der Waals surface area contributed by atoms with Gasteiger partial charge in [0.15, 0.2) is 5.82 Å². The van der Waals surface area contributed by atoms with Crippen molar-refractivity contribution in [3.05, 3.63) is 74.2 Å². The first kappa shape index (κ1) is 17.8. The van der Waals surface area contributed by atoms with Crippen molar-refractivity contribution in [1.29, 1.82) is 0 Å². The number of benzene rings is 2. The fourth-order valence-corrected chi connectivity index (χ4v) is 3.96. The van der Waals surface area contributed by atoms with E-state index in [1.54, 1.807) is 11.8 Å². The number of thioether (sulfide) groups is 1. The Labute approximate surface area is 168 Å². The second kappa shape index (κ2) is 8.38. The SMILES string of the molecule is Clc1ncc(Cl)c(Nc2cccc(CSc3cccc(I)c3)c2)n1. The molecule has 1 heterocycles. The molecule has 3 nitrogen and oxygen atoms in total. The Balaban J connectivity index is 1.71. The lowest BCUT2D eigenvalue weighted by molar-refractivity contribution is 1.17. The molecule has 0 radical (unpaired) electrons. The van der Waals surface area contributed by atoms with Gasteiger partial charge < -0.3 is 5.32 Å². The second-order valence-corrected chi connectivity index (χ2v) is 7.95. The van der Waals surface area contributed by atoms with Crippen LogP contribution in [0.5, 0.6) is 0 Å². The van der Waals surface area contributed by atoms with Crippen molar-refractivity contribution < 1.29 is 0 Å². The highest BCUT2D eigenvalue weighted by Gasteiger charge is 2.05. The van der Waals surface area contributed by atoms with Crippen LogP contribution in [0.2, 0.25) is 10.3 Å². The van der Waals surface area contributed by atoms with E-state index in [1.807, 2.05) is 12.1 Å². The van der Waals surface area contributed by atoms with Crippen LogP contribution in [0.3, 0.4) is 0 Å². The zero-order chi connectivity index (χ0) is 16.9. The molecule has 0 saturated heterocycles. The maximum atomic E-state index is 6.09. The van der Waals surface area contributed by atoms with Gasteiger partial charge in [-0.05, 0) is 70.1 Å². The summed E-state index contributed by atoms with van der Waals surface area (Å²) in [4.78, 5) is 9.21. The van der Waals surface area contributed by atoms with Gasteiger partial charge in [0, 0.05) is 19.9 Å². The molecule has 2 aromatic carbocycles. The highest BCUT2D eigenvalue weighted by Crippen LogP contribution is 2.27. The highest BCUT2D eigenvalue weighted by molar-refractivity contribution is 14.1. The molecule has 0 aliphatic carbocycles. The van der Waals surface area contributed by atoms with Crippen LogP contribution in [0.4, 0.5) is 11.5 Å². The molecule has 0 atom stereocenters. The lowest BCUT2D eigenvalue weighted by atomic mass is 10.2. The summed E-state index contributed by atoms with van der Waals surface area (Å²) in [6, 6.07) is 16.6. The molecule has 0 aliphatic rings. The molecule has 0 fully saturated rings. The van der Waals surface area contributed by atoms with E-state index in [2.05, 4.69) is 74.3 Å². The van der Waals surface area contributed by atoms with Gasteiger partial charge in [0.1, 0.15) is 5.02 Å². The standard InChI is InChI=1S/C17H12Cl2IN3S/c18-15-9-21-17(19)23-16(15)22-13-5-1-3-11(7-13)10-24-14-6-2-4-12(20)8-14/h1-9H,10H2,(H,21,22,23). The summed E-state index contributed by atoms with van der Waals surface area (Å²) in [5, 5.41) is 3.77. The molecular weight excluding hydrogens is 476 g/mol. The molecule has 3 rings (SSSR count). The molecule has 0 aliphatic heterocycles. The zero-order valence-corrected chi connectivity index (χ0v) is 16.8. The number of hydrogen-bond acceptors (Lipinski definition) is 4. The van der Waals surface area contributed by atoms with Crippen molar-refractivity contribution in [2.45, 2.75) is 10.6 Å². The zero-order valence-electron chi connectivity index (χ0n) is 12.3. The third kappa shape index (κ3) is 4.99. The first-order valence-electron chi connectivity index (χ1n) is 7.02. The van der Waals surface area contributed by atoms with E-state index in [4.69, 9.17) is 23.2 Å². The van der Waals surface area contributed by atoms with Crippen molar-refractivity contribution in [3.8, 4) is 0 Å². The Morgan fingerprint density at radius 3 is 2.75 bits per heavy atom. The molecule has 0 saturated carbocycles. The average molecular weight is 488 g/mol. The van der Waals surface area contributed by atoms with E-state index in [1.165, 1.54) is 20.2 Å². The van der Waals surface area contributed by atoms with E-state index in [0.29, 0.717) is 10.8 Å². The summed E-state index contributed by atoms with van der Waals surface area (Å²) in [7, 11) is 0. The third-order valence-electron chi connectivity index (χ3n) is 3.11. The van der Waals surface area contributed by atoms with Crippen molar-refractivity contribution in [2.24, 2.45) is 0 Å². The van der Waals surface area contributed by atoms with Gasteiger partial charge in [-0.3, -0.25) is 0 Å². The Morgan fingerprint density at radius 1 is 1.08 bits per heavy atom. The molecule has 0 amide bonds. The van der Waals surface area contributed by atoms with Crippen molar-refractivity contribution in [1.82, 2.24) is 9.97 Å². The monoisotopic (exact) mass is 487 g/mol. The largest absolute Gasteiger partial charge is 0.339 e. The van der Waals surface area contributed by atoms with Crippen LogP contribution in [0.25, 0.3) is 0 Å². The van der Waals surface area contributed by atoms with Crippen LogP contribution in [-0.2, 0) is 5.75 Å². The van der Waals surface area contributed by atoms with E-state index in [0.717, 1.165) is 11.4 Å². The fraction of sp³-hybridized carbons (Fsp3) is 0.0588. The molecule has 7 heteroatoms. The highest BCUT2D eigenvalue weighted by atomic mass is 127. The minimum absolute atomic E-state index is 0.160. The van der Waals surface area contributed by atoms with Crippen LogP contribution in [-0.4, -0.2) is 9.97 Å². The molecular formula is C17H12Cl2IN3S. The topological polar surface area (TPSA) is 37.8 Å². The molecule has 0 spiro atoms. The van der Waals surface area contributed by atoms with Gasteiger partial charge >= 0.3 is 0 Å². The molecule has 122 valence electrons. The first-order chi connectivity index (χ1) is 11.6. The van der Waals surface area contributed by atoms with Gasteiger partial charge in [-0.25, -0.2) is 4.98 Å². The lowest BCUT2D eigenvalue weighted by Crippen LogP contribution is -1.96. The van der Waals surface area contributed by atoms with Crippen LogP contribution in [0.1, 0.15) is 5.56 Å². The number of nitrogens with zero attached hydrogens (tertiary/aromatic N) is 2. The first-order valence-corrected chi connectivity index (χ1v) is 9.84. The maximum absolute atomic E-state index is 6.09. The number of rotatable bonds is 5. The van der Waals surface area contributed by atoms with Crippen LogP contribution in [0, 0.1) is 3.57 Å². The average Bonchev–Trinajstić information content (AvgIpc) is 2.57. The summed E-state index contributed by atoms with van der Waals surface area (Å²) in [5.74, 6) is 1.38. The second-order valence-electron chi connectivity index (χ2n) is 4.91. The van der Waals surface area contributed by atoms with Gasteiger partial charge in [-0.15, -0.1) is 11.8 Å². The molecule has 1 N–H and O–H groups in total. The van der Waals surface area contributed by atoms with Gasteiger partial charge in [0.05, 0.1) is 6.20 Å². The number of aromatic nitrogens is 2. The number of halogens is 3. The van der Waals surface area contributed by atoms with E-state index >= 15 is 0 Å². The Hall–Kier alpha value is -1.02.